The Labute approximate surface area is 87.5 Å². The fourth-order valence-corrected chi connectivity index (χ4v) is 1.55. The van der Waals surface area contributed by atoms with Crippen molar-refractivity contribution in [3.63, 3.8) is 0 Å². The van der Waals surface area contributed by atoms with E-state index >= 15 is 0 Å². The fraction of sp³-hybridized carbons (Fsp3) is 0.182. The molecule has 2 nitrogen and oxygen atoms in total. The van der Waals surface area contributed by atoms with E-state index in [4.69, 9.17) is 16.3 Å². The van der Waals surface area contributed by atoms with Gasteiger partial charge in [0.2, 0.25) is 5.88 Å². The quantitative estimate of drug-likeness (QED) is 0.754. The van der Waals surface area contributed by atoms with Gasteiger partial charge in [0.05, 0.1) is 17.1 Å². The van der Waals surface area contributed by atoms with E-state index in [2.05, 4.69) is 4.98 Å². The molecule has 1 heterocycles. The third-order valence-corrected chi connectivity index (χ3v) is 2.24. The maximum atomic E-state index is 6.01. The summed E-state index contributed by atoms with van der Waals surface area (Å²) in [5, 5.41) is 1.69. The SMILES string of the molecule is CCOc1ccc2cccc(Cl)c2n1. The van der Waals surface area contributed by atoms with E-state index < -0.39 is 0 Å². The number of ether oxygens (including phenoxy) is 1. The number of aromatic nitrogens is 1. The summed E-state index contributed by atoms with van der Waals surface area (Å²) < 4.78 is 5.30. The molecule has 0 aliphatic carbocycles. The van der Waals surface area contributed by atoms with Gasteiger partial charge in [-0.05, 0) is 19.1 Å². The molecule has 1 aromatic heterocycles. The number of halogens is 1. The molecule has 0 aliphatic heterocycles. The first-order valence-electron chi connectivity index (χ1n) is 4.49. The molecule has 0 saturated carbocycles. The number of benzene rings is 1. The van der Waals surface area contributed by atoms with Crippen LogP contribution in [0.2, 0.25) is 5.02 Å². The van der Waals surface area contributed by atoms with E-state index in [1.807, 2.05) is 37.3 Å². The van der Waals surface area contributed by atoms with Crippen molar-refractivity contribution in [2.24, 2.45) is 0 Å². The molecule has 0 radical (unpaired) electrons. The maximum absolute atomic E-state index is 6.01. The van der Waals surface area contributed by atoms with E-state index in [1.54, 1.807) is 0 Å². The minimum atomic E-state index is 0.614. The Balaban J connectivity index is 2.58. The molecule has 0 bridgehead atoms. The molecular weight excluding hydrogens is 198 g/mol. The van der Waals surface area contributed by atoms with Gasteiger partial charge in [0.25, 0.3) is 0 Å². The van der Waals surface area contributed by atoms with Crippen LogP contribution in [0.4, 0.5) is 0 Å². The van der Waals surface area contributed by atoms with E-state index in [9.17, 15) is 0 Å². The number of pyridine rings is 1. The van der Waals surface area contributed by atoms with Crippen molar-refractivity contribution in [1.82, 2.24) is 4.98 Å². The second kappa shape index (κ2) is 3.84. The van der Waals surface area contributed by atoms with Crippen molar-refractivity contribution in [2.75, 3.05) is 6.61 Å². The Bertz CT molecular complexity index is 456. The van der Waals surface area contributed by atoms with Crippen molar-refractivity contribution in [1.29, 1.82) is 0 Å². The summed E-state index contributed by atoms with van der Waals surface area (Å²) >= 11 is 6.01. The van der Waals surface area contributed by atoms with Crippen LogP contribution < -0.4 is 4.74 Å². The lowest BCUT2D eigenvalue weighted by atomic mass is 10.2. The Morgan fingerprint density at radius 1 is 1.29 bits per heavy atom. The first kappa shape index (κ1) is 9.28. The van der Waals surface area contributed by atoms with Crippen molar-refractivity contribution in [2.45, 2.75) is 6.92 Å². The van der Waals surface area contributed by atoms with Gasteiger partial charge in [0.1, 0.15) is 0 Å². The van der Waals surface area contributed by atoms with Crippen molar-refractivity contribution < 1.29 is 4.74 Å². The summed E-state index contributed by atoms with van der Waals surface area (Å²) in [5.41, 5.74) is 0.792. The topological polar surface area (TPSA) is 22.1 Å². The summed E-state index contributed by atoms with van der Waals surface area (Å²) in [6.45, 7) is 2.54. The Morgan fingerprint density at radius 2 is 2.14 bits per heavy atom. The lowest BCUT2D eigenvalue weighted by molar-refractivity contribution is 0.328. The van der Waals surface area contributed by atoms with Crippen molar-refractivity contribution >= 4 is 22.5 Å². The molecule has 0 saturated heterocycles. The zero-order valence-corrected chi connectivity index (χ0v) is 8.58. The van der Waals surface area contributed by atoms with Crippen LogP contribution in [-0.4, -0.2) is 11.6 Å². The van der Waals surface area contributed by atoms with Crippen LogP contribution in [0.25, 0.3) is 10.9 Å². The summed E-state index contributed by atoms with van der Waals surface area (Å²) in [6.07, 6.45) is 0. The van der Waals surface area contributed by atoms with Gasteiger partial charge in [-0.1, -0.05) is 23.7 Å². The molecule has 0 spiro atoms. The molecular formula is C11H10ClNO. The average Bonchev–Trinajstić information content (AvgIpc) is 2.20. The van der Waals surface area contributed by atoms with Gasteiger partial charge in [-0.2, -0.15) is 0 Å². The predicted molar refractivity (Wildman–Crippen MR) is 57.9 cm³/mol. The maximum Gasteiger partial charge on any atom is 0.213 e. The molecule has 2 rings (SSSR count). The highest BCUT2D eigenvalue weighted by Gasteiger charge is 2.01. The average molecular weight is 208 g/mol. The largest absolute Gasteiger partial charge is 0.478 e. The number of fused-ring (bicyclic) bond motifs is 1. The highest BCUT2D eigenvalue weighted by molar-refractivity contribution is 6.35. The summed E-state index contributed by atoms with van der Waals surface area (Å²) in [5.74, 6) is 0.619. The van der Waals surface area contributed by atoms with Gasteiger partial charge in [0, 0.05) is 11.5 Å². The molecule has 14 heavy (non-hydrogen) atoms. The molecule has 0 fully saturated rings. The highest BCUT2D eigenvalue weighted by Crippen LogP contribution is 2.23. The summed E-state index contributed by atoms with van der Waals surface area (Å²) in [6, 6.07) is 9.52. The highest BCUT2D eigenvalue weighted by atomic mass is 35.5. The molecule has 0 atom stereocenters. The standard InChI is InChI=1S/C11H10ClNO/c1-2-14-10-7-6-8-4-3-5-9(12)11(8)13-10/h3-7H,2H2,1H3. The molecule has 0 amide bonds. The van der Waals surface area contributed by atoms with Crippen LogP contribution in [-0.2, 0) is 0 Å². The molecule has 72 valence electrons. The lowest BCUT2D eigenvalue weighted by Crippen LogP contribution is -1.94. The van der Waals surface area contributed by atoms with Crippen LogP contribution >= 0.6 is 11.6 Å². The van der Waals surface area contributed by atoms with Crippen LogP contribution in [0.15, 0.2) is 30.3 Å². The molecule has 1 aromatic carbocycles. The monoisotopic (exact) mass is 207 g/mol. The van der Waals surface area contributed by atoms with Gasteiger partial charge < -0.3 is 4.74 Å². The Morgan fingerprint density at radius 3 is 2.93 bits per heavy atom. The second-order valence-corrected chi connectivity index (χ2v) is 3.30. The zero-order chi connectivity index (χ0) is 9.97. The van der Waals surface area contributed by atoms with Gasteiger partial charge in [0.15, 0.2) is 0 Å². The van der Waals surface area contributed by atoms with Gasteiger partial charge in [-0.25, -0.2) is 4.98 Å². The molecule has 0 aliphatic rings. The number of para-hydroxylation sites is 1. The summed E-state index contributed by atoms with van der Waals surface area (Å²) in [7, 11) is 0. The molecule has 3 heteroatoms. The lowest BCUT2D eigenvalue weighted by Gasteiger charge is -2.04. The Kier molecular flexibility index (Phi) is 2.55. The minimum absolute atomic E-state index is 0.614. The third kappa shape index (κ3) is 1.66. The van der Waals surface area contributed by atoms with Crippen LogP contribution in [0.3, 0.4) is 0 Å². The number of nitrogens with zero attached hydrogens (tertiary/aromatic N) is 1. The minimum Gasteiger partial charge on any atom is -0.478 e. The molecule has 0 N–H and O–H groups in total. The predicted octanol–water partition coefficient (Wildman–Crippen LogP) is 3.29. The number of hydrogen-bond acceptors (Lipinski definition) is 2. The van der Waals surface area contributed by atoms with Crippen LogP contribution in [0.1, 0.15) is 6.92 Å². The van der Waals surface area contributed by atoms with Crippen LogP contribution in [0.5, 0.6) is 5.88 Å². The number of hydrogen-bond donors (Lipinski definition) is 0. The molecule has 0 unspecified atom stereocenters. The van der Waals surface area contributed by atoms with Crippen molar-refractivity contribution in [3.8, 4) is 5.88 Å². The first-order valence-corrected chi connectivity index (χ1v) is 4.87. The second-order valence-electron chi connectivity index (χ2n) is 2.89. The van der Waals surface area contributed by atoms with Gasteiger partial charge in [-0.3, -0.25) is 0 Å². The normalized spacial score (nSPS) is 10.4. The number of rotatable bonds is 2. The Hall–Kier alpha value is -1.28. The van der Waals surface area contributed by atoms with Gasteiger partial charge >= 0.3 is 0 Å². The third-order valence-electron chi connectivity index (χ3n) is 1.94. The van der Waals surface area contributed by atoms with E-state index in [0.717, 1.165) is 10.9 Å². The first-order chi connectivity index (χ1) is 6.81. The fourth-order valence-electron chi connectivity index (χ4n) is 1.32. The smallest absolute Gasteiger partial charge is 0.213 e. The van der Waals surface area contributed by atoms with E-state index in [1.165, 1.54) is 0 Å². The van der Waals surface area contributed by atoms with Crippen molar-refractivity contribution in [3.05, 3.63) is 35.4 Å². The zero-order valence-electron chi connectivity index (χ0n) is 7.83. The van der Waals surface area contributed by atoms with Crippen LogP contribution in [0, 0.1) is 0 Å². The molecule has 2 aromatic rings. The van der Waals surface area contributed by atoms with Gasteiger partial charge in [-0.15, -0.1) is 0 Å². The van der Waals surface area contributed by atoms with E-state index in [-0.39, 0.29) is 0 Å². The summed E-state index contributed by atoms with van der Waals surface area (Å²) in [4.78, 5) is 4.31. The van der Waals surface area contributed by atoms with E-state index in [0.29, 0.717) is 17.5 Å².